The average molecular weight is 346 g/mol. The van der Waals surface area contributed by atoms with Crippen molar-refractivity contribution < 1.29 is 19.4 Å². The molecule has 1 heterocycles. The molecule has 1 aliphatic rings. The summed E-state index contributed by atoms with van der Waals surface area (Å²) < 4.78 is 5.34. The molecule has 1 amide bonds. The summed E-state index contributed by atoms with van der Waals surface area (Å²) in [6, 6.07) is 1.56. The van der Waals surface area contributed by atoms with Crippen LogP contribution < -0.4 is 0 Å². The lowest BCUT2D eigenvalue weighted by Gasteiger charge is -2.32. The molecule has 0 aromatic heterocycles. The molecular formula is C15H17Cl2NO4. The van der Waals surface area contributed by atoms with Gasteiger partial charge in [-0.2, -0.15) is 0 Å². The third-order valence-electron chi connectivity index (χ3n) is 3.27. The predicted octanol–water partition coefficient (Wildman–Crippen LogP) is 3.98. The second kappa shape index (κ2) is 5.97. The van der Waals surface area contributed by atoms with Gasteiger partial charge >= 0.3 is 12.1 Å². The summed E-state index contributed by atoms with van der Waals surface area (Å²) in [5.41, 5.74) is 0.813. The Morgan fingerprint density at radius 1 is 1.32 bits per heavy atom. The molecule has 1 aliphatic heterocycles. The van der Waals surface area contributed by atoms with E-state index in [0.717, 1.165) is 11.1 Å². The molecule has 120 valence electrons. The molecule has 0 saturated carbocycles. The lowest BCUT2D eigenvalue weighted by molar-refractivity contribution is 0.0223. The van der Waals surface area contributed by atoms with Crippen LogP contribution in [0.3, 0.4) is 0 Å². The number of hydrogen-bond acceptors (Lipinski definition) is 3. The SMILES string of the molecule is CC(C)(C)OC(=O)N1CCc2c(cc(Cl)c(C(=O)O)c2Cl)C1. The molecule has 1 aromatic carbocycles. The zero-order valence-corrected chi connectivity index (χ0v) is 14.1. The fraction of sp³-hybridized carbons (Fsp3) is 0.467. The van der Waals surface area contributed by atoms with Gasteiger partial charge in [-0.3, -0.25) is 0 Å². The first-order chi connectivity index (χ1) is 10.1. The molecule has 0 aliphatic carbocycles. The normalized spacial score (nSPS) is 14.5. The highest BCUT2D eigenvalue weighted by Gasteiger charge is 2.29. The summed E-state index contributed by atoms with van der Waals surface area (Å²) in [7, 11) is 0. The van der Waals surface area contributed by atoms with E-state index in [1.54, 1.807) is 31.7 Å². The van der Waals surface area contributed by atoms with Crippen LogP contribution in [0.25, 0.3) is 0 Å². The van der Waals surface area contributed by atoms with Gasteiger partial charge in [0.25, 0.3) is 0 Å². The minimum atomic E-state index is -1.16. The van der Waals surface area contributed by atoms with E-state index in [1.807, 2.05) is 0 Å². The summed E-state index contributed by atoms with van der Waals surface area (Å²) in [5, 5.41) is 9.39. The van der Waals surface area contributed by atoms with E-state index in [4.69, 9.17) is 33.0 Å². The maximum atomic E-state index is 12.1. The van der Waals surface area contributed by atoms with Crippen molar-refractivity contribution in [1.29, 1.82) is 0 Å². The number of carbonyl (C=O) groups excluding carboxylic acids is 1. The molecule has 0 bridgehead atoms. The van der Waals surface area contributed by atoms with Gasteiger partial charge in [-0.1, -0.05) is 23.2 Å². The fourth-order valence-electron chi connectivity index (χ4n) is 2.33. The Morgan fingerprint density at radius 3 is 2.50 bits per heavy atom. The molecule has 0 atom stereocenters. The van der Waals surface area contributed by atoms with Crippen LogP contribution in [0.4, 0.5) is 4.79 Å². The number of halogens is 2. The van der Waals surface area contributed by atoms with Crippen LogP contribution in [0.1, 0.15) is 42.3 Å². The van der Waals surface area contributed by atoms with E-state index in [1.165, 1.54) is 0 Å². The number of hydrogen-bond donors (Lipinski definition) is 1. The minimum absolute atomic E-state index is 0.0716. The smallest absolute Gasteiger partial charge is 0.410 e. The third kappa shape index (κ3) is 3.47. The van der Waals surface area contributed by atoms with Gasteiger partial charge in [-0.15, -0.1) is 0 Å². The average Bonchev–Trinajstić information content (AvgIpc) is 2.35. The number of aromatic carboxylic acids is 1. The van der Waals surface area contributed by atoms with Gasteiger partial charge < -0.3 is 14.7 Å². The van der Waals surface area contributed by atoms with Crippen molar-refractivity contribution in [1.82, 2.24) is 4.90 Å². The molecule has 1 aromatic rings. The Bertz CT molecular complexity index is 637. The number of carboxylic acid groups (broad SMARTS) is 1. The second-order valence-corrected chi connectivity index (χ2v) is 6.93. The highest BCUT2D eigenvalue weighted by molar-refractivity contribution is 6.39. The maximum absolute atomic E-state index is 12.1. The maximum Gasteiger partial charge on any atom is 0.410 e. The van der Waals surface area contributed by atoms with Crippen molar-refractivity contribution in [3.8, 4) is 0 Å². The van der Waals surface area contributed by atoms with Gasteiger partial charge in [0.15, 0.2) is 0 Å². The van der Waals surface area contributed by atoms with E-state index < -0.39 is 17.7 Å². The number of carbonyl (C=O) groups is 2. The topological polar surface area (TPSA) is 66.8 Å². The van der Waals surface area contributed by atoms with E-state index >= 15 is 0 Å². The Labute approximate surface area is 138 Å². The van der Waals surface area contributed by atoms with Crippen molar-refractivity contribution in [3.63, 3.8) is 0 Å². The number of rotatable bonds is 1. The van der Waals surface area contributed by atoms with Crippen LogP contribution in [0.2, 0.25) is 10.0 Å². The van der Waals surface area contributed by atoms with Crippen molar-refractivity contribution >= 4 is 35.3 Å². The van der Waals surface area contributed by atoms with E-state index in [0.29, 0.717) is 19.5 Å². The number of nitrogens with zero attached hydrogens (tertiary/aromatic N) is 1. The van der Waals surface area contributed by atoms with Gasteiger partial charge in [-0.05, 0) is 44.4 Å². The summed E-state index contributed by atoms with van der Waals surface area (Å²) >= 11 is 12.2. The monoisotopic (exact) mass is 345 g/mol. The van der Waals surface area contributed by atoms with Crippen LogP contribution in [-0.4, -0.2) is 34.2 Å². The molecule has 22 heavy (non-hydrogen) atoms. The Morgan fingerprint density at radius 2 is 1.95 bits per heavy atom. The largest absolute Gasteiger partial charge is 0.478 e. The lowest BCUT2D eigenvalue weighted by Crippen LogP contribution is -2.40. The molecule has 7 heteroatoms. The van der Waals surface area contributed by atoms with Crippen LogP contribution in [0.5, 0.6) is 0 Å². The number of carboxylic acids is 1. The fourth-order valence-corrected chi connectivity index (χ4v) is 3.08. The first kappa shape index (κ1) is 16.9. The highest BCUT2D eigenvalue weighted by atomic mass is 35.5. The second-order valence-electron chi connectivity index (χ2n) is 6.14. The molecule has 5 nitrogen and oxygen atoms in total. The first-order valence-electron chi connectivity index (χ1n) is 6.81. The van der Waals surface area contributed by atoms with Crippen LogP contribution in [-0.2, 0) is 17.7 Å². The Kier molecular flexibility index (Phi) is 4.59. The predicted molar refractivity (Wildman–Crippen MR) is 83.8 cm³/mol. The molecule has 0 radical (unpaired) electrons. The lowest BCUT2D eigenvalue weighted by atomic mass is 9.97. The number of ether oxygens (including phenoxy) is 1. The van der Waals surface area contributed by atoms with E-state index in [9.17, 15) is 9.59 Å². The first-order valence-corrected chi connectivity index (χ1v) is 7.56. The van der Waals surface area contributed by atoms with Crippen LogP contribution in [0, 0.1) is 0 Å². The van der Waals surface area contributed by atoms with Crippen molar-refractivity contribution in [3.05, 3.63) is 32.8 Å². The summed E-state index contributed by atoms with van der Waals surface area (Å²) in [6.45, 7) is 6.12. The molecule has 0 fully saturated rings. The van der Waals surface area contributed by atoms with Crippen LogP contribution >= 0.6 is 23.2 Å². The Balaban J connectivity index is 2.29. The quantitative estimate of drug-likeness (QED) is 0.835. The minimum Gasteiger partial charge on any atom is -0.478 e. The summed E-state index contributed by atoms with van der Waals surface area (Å²) in [6.07, 6.45) is 0.0536. The van der Waals surface area contributed by atoms with Crippen molar-refractivity contribution in [2.24, 2.45) is 0 Å². The van der Waals surface area contributed by atoms with E-state index in [2.05, 4.69) is 0 Å². The standard InChI is InChI=1S/C15H17Cl2NO4/c1-15(2,3)22-14(21)18-5-4-9-8(7-18)6-10(16)11(12(9)17)13(19)20/h6H,4-5,7H2,1-3H3,(H,19,20). The summed E-state index contributed by atoms with van der Waals surface area (Å²) in [5.74, 6) is -1.16. The number of benzene rings is 1. The molecule has 0 saturated heterocycles. The molecule has 0 spiro atoms. The Hall–Kier alpha value is -1.46. The zero-order chi connectivity index (χ0) is 16.7. The molecule has 1 N–H and O–H groups in total. The van der Waals surface area contributed by atoms with Crippen LogP contribution in [0.15, 0.2) is 6.07 Å². The summed E-state index contributed by atoms with van der Waals surface area (Å²) in [4.78, 5) is 24.9. The van der Waals surface area contributed by atoms with E-state index in [-0.39, 0.29) is 15.6 Å². The van der Waals surface area contributed by atoms with Crippen molar-refractivity contribution in [2.75, 3.05) is 6.54 Å². The van der Waals surface area contributed by atoms with Gasteiger partial charge in [-0.25, -0.2) is 9.59 Å². The number of amides is 1. The molecule has 2 rings (SSSR count). The highest BCUT2D eigenvalue weighted by Crippen LogP contribution is 2.34. The van der Waals surface area contributed by atoms with Gasteiger partial charge in [0, 0.05) is 13.1 Å². The number of fused-ring (bicyclic) bond motifs is 1. The third-order valence-corrected chi connectivity index (χ3v) is 3.99. The van der Waals surface area contributed by atoms with Gasteiger partial charge in [0.2, 0.25) is 0 Å². The zero-order valence-electron chi connectivity index (χ0n) is 12.6. The molecular weight excluding hydrogens is 329 g/mol. The van der Waals surface area contributed by atoms with Gasteiger partial charge in [0.05, 0.1) is 15.6 Å². The van der Waals surface area contributed by atoms with Gasteiger partial charge in [0.1, 0.15) is 5.60 Å². The van der Waals surface area contributed by atoms with Crippen molar-refractivity contribution in [2.45, 2.75) is 39.3 Å². The molecule has 0 unspecified atom stereocenters.